The Bertz CT molecular complexity index is 416. The highest BCUT2D eigenvalue weighted by Gasteiger charge is 2.43. The fraction of sp³-hybridized carbons (Fsp3) is 0.750. The van der Waals surface area contributed by atoms with Crippen LogP contribution in [0, 0.1) is 5.92 Å². The van der Waals surface area contributed by atoms with Gasteiger partial charge in [0, 0.05) is 12.6 Å². The Morgan fingerprint density at radius 1 is 1.67 bits per heavy atom. The van der Waals surface area contributed by atoms with E-state index >= 15 is 0 Å². The fourth-order valence-electron chi connectivity index (χ4n) is 1.97. The van der Waals surface area contributed by atoms with Gasteiger partial charge in [-0.15, -0.1) is 10.2 Å². The van der Waals surface area contributed by atoms with Crippen LogP contribution < -0.4 is 5.32 Å². The van der Waals surface area contributed by atoms with Gasteiger partial charge in [-0.3, -0.25) is 4.79 Å². The SMILES string of the molecule is CCOC1CC1C(=O)NCc1nncn1C(C)C. The van der Waals surface area contributed by atoms with Crippen molar-refractivity contribution in [2.75, 3.05) is 6.61 Å². The monoisotopic (exact) mass is 252 g/mol. The number of rotatable bonds is 6. The van der Waals surface area contributed by atoms with Gasteiger partial charge in [-0.1, -0.05) is 0 Å². The normalized spacial score (nSPS) is 22.2. The maximum atomic E-state index is 11.8. The number of aromatic nitrogens is 3. The second-order valence-corrected chi connectivity index (χ2v) is 4.80. The zero-order valence-electron chi connectivity index (χ0n) is 11.1. The third-order valence-corrected chi connectivity index (χ3v) is 3.07. The first-order valence-electron chi connectivity index (χ1n) is 6.41. The van der Waals surface area contributed by atoms with Crippen LogP contribution in [-0.4, -0.2) is 33.4 Å². The van der Waals surface area contributed by atoms with Gasteiger partial charge in [-0.05, 0) is 27.2 Å². The molecule has 1 N–H and O–H groups in total. The maximum Gasteiger partial charge on any atom is 0.226 e. The molecule has 1 heterocycles. The second kappa shape index (κ2) is 5.48. The van der Waals surface area contributed by atoms with E-state index in [2.05, 4.69) is 29.4 Å². The van der Waals surface area contributed by atoms with E-state index < -0.39 is 0 Å². The van der Waals surface area contributed by atoms with Crippen molar-refractivity contribution in [3.8, 4) is 0 Å². The summed E-state index contributed by atoms with van der Waals surface area (Å²) in [5, 5.41) is 10.8. The number of hydrogen-bond donors (Lipinski definition) is 1. The standard InChI is InChI=1S/C12H20N4O2/c1-4-18-10-5-9(10)12(17)13-6-11-15-14-7-16(11)8(2)3/h7-10H,4-6H2,1-3H3,(H,13,17). The zero-order chi connectivity index (χ0) is 13.1. The summed E-state index contributed by atoms with van der Waals surface area (Å²) in [5.41, 5.74) is 0. The molecule has 6 heteroatoms. The molecule has 1 saturated carbocycles. The molecule has 2 atom stereocenters. The number of amides is 1. The number of ether oxygens (including phenoxy) is 1. The molecule has 0 radical (unpaired) electrons. The lowest BCUT2D eigenvalue weighted by Gasteiger charge is -2.10. The first-order valence-corrected chi connectivity index (χ1v) is 6.41. The third kappa shape index (κ3) is 2.87. The smallest absolute Gasteiger partial charge is 0.226 e. The van der Waals surface area contributed by atoms with Crippen molar-refractivity contribution in [1.29, 1.82) is 0 Å². The van der Waals surface area contributed by atoms with Gasteiger partial charge in [-0.25, -0.2) is 0 Å². The molecular weight excluding hydrogens is 232 g/mol. The Kier molecular flexibility index (Phi) is 3.96. The molecule has 2 rings (SSSR count). The molecule has 100 valence electrons. The van der Waals surface area contributed by atoms with Gasteiger partial charge >= 0.3 is 0 Å². The van der Waals surface area contributed by atoms with Gasteiger partial charge in [0.15, 0.2) is 5.82 Å². The second-order valence-electron chi connectivity index (χ2n) is 4.80. The van der Waals surface area contributed by atoms with Crippen molar-refractivity contribution in [3.63, 3.8) is 0 Å². The van der Waals surface area contributed by atoms with Gasteiger partial charge < -0.3 is 14.6 Å². The molecule has 1 fully saturated rings. The van der Waals surface area contributed by atoms with E-state index in [4.69, 9.17) is 4.74 Å². The van der Waals surface area contributed by atoms with E-state index in [9.17, 15) is 4.79 Å². The third-order valence-electron chi connectivity index (χ3n) is 3.07. The maximum absolute atomic E-state index is 11.8. The number of carbonyl (C=O) groups is 1. The van der Waals surface area contributed by atoms with Gasteiger partial charge in [0.2, 0.25) is 5.91 Å². The lowest BCUT2D eigenvalue weighted by atomic mass is 10.3. The largest absolute Gasteiger partial charge is 0.378 e. The Balaban J connectivity index is 1.81. The summed E-state index contributed by atoms with van der Waals surface area (Å²) >= 11 is 0. The summed E-state index contributed by atoms with van der Waals surface area (Å²) in [6.07, 6.45) is 2.63. The summed E-state index contributed by atoms with van der Waals surface area (Å²) in [4.78, 5) is 11.8. The van der Waals surface area contributed by atoms with Crippen molar-refractivity contribution >= 4 is 5.91 Å². The van der Waals surface area contributed by atoms with Crippen LogP contribution in [-0.2, 0) is 16.1 Å². The molecule has 6 nitrogen and oxygen atoms in total. The van der Waals surface area contributed by atoms with Crippen LogP contribution in [0.4, 0.5) is 0 Å². The van der Waals surface area contributed by atoms with E-state index in [-0.39, 0.29) is 17.9 Å². The van der Waals surface area contributed by atoms with Crippen molar-refractivity contribution in [3.05, 3.63) is 12.2 Å². The summed E-state index contributed by atoms with van der Waals surface area (Å²) in [6, 6.07) is 0.295. The molecule has 0 aliphatic heterocycles. The fourth-order valence-corrected chi connectivity index (χ4v) is 1.97. The molecule has 1 aromatic rings. The van der Waals surface area contributed by atoms with Crippen molar-refractivity contribution in [1.82, 2.24) is 20.1 Å². The molecule has 18 heavy (non-hydrogen) atoms. The topological polar surface area (TPSA) is 69.0 Å². The van der Waals surface area contributed by atoms with Crippen molar-refractivity contribution in [2.45, 2.75) is 45.9 Å². The summed E-state index contributed by atoms with van der Waals surface area (Å²) < 4.78 is 7.34. The molecule has 0 saturated heterocycles. The van der Waals surface area contributed by atoms with Crippen molar-refractivity contribution in [2.24, 2.45) is 5.92 Å². The Labute approximate surface area is 107 Å². The van der Waals surface area contributed by atoms with Crippen LogP contribution in [0.3, 0.4) is 0 Å². The van der Waals surface area contributed by atoms with Crippen LogP contribution in [0.25, 0.3) is 0 Å². The molecule has 0 spiro atoms. The minimum atomic E-state index is 0.0142. The van der Waals surface area contributed by atoms with E-state index in [1.54, 1.807) is 6.33 Å². The number of hydrogen-bond acceptors (Lipinski definition) is 4. The summed E-state index contributed by atoms with van der Waals surface area (Å²) in [6.45, 7) is 7.14. The minimum Gasteiger partial charge on any atom is -0.378 e. The van der Waals surface area contributed by atoms with E-state index in [1.807, 2.05) is 11.5 Å². The number of nitrogens with one attached hydrogen (secondary N) is 1. The quantitative estimate of drug-likeness (QED) is 0.816. The Hall–Kier alpha value is -1.43. The highest BCUT2D eigenvalue weighted by atomic mass is 16.5. The van der Waals surface area contributed by atoms with Gasteiger partial charge in [-0.2, -0.15) is 0 Å². The van der Waals surface area contributed by atoms with Crippen LogP contribution in [0.5, 0.6) is 0 Å². The molecule has 1 amide bonds. The van der Waals surface area contributed by atoms with Gasteiger partial charge in [0.25, 0.3) is 0 Å². The average molecular weight is 252 g/mol. The molecular formula is C12H20N4O2. The van der Waals surface area contributed by atoms with Crippen LogP contribution in [0.1, 0.15) is 39.1 Å². The average Bonchev–Trinajstić information content (AvgIpc) is 2.93. The molecule has 0 bridgehead atoms. The first kappa shape index (κ1) is 13.0. The van der Waals surface area contributed by atoms with E-state index in [0.29, 0.717) is 19.2 Å². The lowest BCUT2D eigenvalue weighted by molar-refractivity contribution is -0.123. The highest BCUT2D eigenvalue weighted by Crippen LogP contribution is 2.33. The van der Waals surface area contributed by atoms with Crippen molar-refractivity contribution < 1.29 is 9.53 Å². The Morgan fingerprint density at radius 3 is 3.11 bits per heavy atom. The summed E-state index contributed by atoms with van der Waals surface area (Å²) in [7, 11) is 0. The summed E-state index contributed by atoms with van der Waals surface area (Å²) in [5.74, 6) is 0.846. The minimum absolute atomic E-state index is 0.0142. The predicted octanol–water partition coefficient (Wildman–Crippen LogP) is 0.900. The molecule has 1 aliphatic rings. The van der Waals surface area contributed by atoms with Gasteiger partial charge in [0.05, 0.1) is 18.6 Å². The predicted molar refractivity (Wildman–Crippen MR) is 65.8 cm³/mol. The van der Waals surface area contributed by atoms with Crippen LogP contribution >= 0.6 is 0 Å². The Morgan fingerprint density at radius 2 is 2.44 bits per heavy atom. The highest BCUT2D eigenvalue weighted by molar-refractivity contribution is 5.81. The molecule has 2 unspecified atom stereocenters. The van der Waals surface area contributed by atoms with Gasteiger partial charge in [0.1, 0.15) is 6.33 Å². The van der Waals surface area contributed by atoms with E-state index in [1.165, 1.54) is 0 Å². The number of carbonyl (C=O) groups excluding carboxylic acids is 1. The molecule has 0 aromatic carbocycles. The first-order chi connectivity index (χ1) is 8.63. The van der Waals surface area contributed by atoms with E-state index in [0.717, 1.165) is 12.2 Å². The molecule has 1 aromatic heterocycles. The zero-order valence-corrected chi connectivity index (χ0v) is 11.1. The molecule has 1 aliphatic carbocycles. The van der Waals surface area contributed by atoms with Crippen LogP contribution in [0.15, 0.2) is 6.33 Å². The number of nitrogens with zero attached hydrogens (tertiary/aromatic N) is 3. The lowest BCUT2D eigenvalue weighted by Crippen LogP contribution is -2.27. The van der Waals surface area contributed by atoms with Crippen LogP contribution in [0.2, 0.25) is 0 Å².